The number of carbonyl (C=O) groups is 1. The average molecular weight is 290 g/mol. The van der Waals surface area contributed by atoms with Gasteiger partial charge in [0.2, 0.25) is 5.91 Å². The van der Waals surface area contributed by atoms with Gasteiger partial charge in [-0.3, -0.25) is 4.79 Å². The van der Waals surface area contributed by atoms with Crippen molar-refractivity contribution in [3.8, 4) is 0 Å². The van der Waals surface area contributed by atoms with E-state index < -0.39 is 0 Å². The van der Waals surface area contributed by atoms with Gasteiger partial charge in [0.1, 0.15) is 0 Å². The van der Waals surface area contributed by atoms with E-state index in [9.17, 15) is 4.79 Å². The highest BCUT2D eigenvalue weighted by Crippen LogP contribution is 2.26. The number of hydrogen-bond donors (Lipinski definition) is 0. The van der Waals surface area contributed by atoms with Crippen molar-refractivity contribution in [2.24, 2.45) is 5.92 Å². The largest absolute Gasteiger partial charge is 0.343 e. The summed E-state index contributed by atoms with van der Waals surface area (Å²) in [5.74, 6) is 1.19. The summed E-state index contributed by atoms with van der Waals surface area (Å²) in [5, 5.41) is 1.00. The summed E-state index contributed by atoms with van der Waals surface area (Å²) in [7, 11) is 1.98. The highest BCUT2D eigenvalue weighted by Gasteiger charge is 2.24. The molecular weight excluding hydrogens is 266 g/mol. The smallest absolute Gasteiger partial charge is 0.222 e. The van der Waals surface area contributed by atoms with E-state index >= 15 is 0 Å². The summed E-state index contributed by atoms with van der Waals surface area (Å²) in [5.41, 5.74) is 0. The molecule has 16 heavy (non-hydrogen) atoms. The van der Waals surface area contributed by atoms with Crippen molar-refractivity contribution in [3.63, 3.8) is 0 Å². The Morgan fingerprint density at radius 2 is 1.88 bits per heavy atom. The summed E-state index contributed by atoms with van der Waals surface area (Å²) >= 11 is 3.39. The molecule has 0 aromatic carbocycles. The first-order valence-corrected chi connectivity index (χ1v) is 7.59. The molecule has 0 radical (unpaired) electrons. The molecular formula is C13H24BrNO. The molecule has 0 aromatic rings. The summed E-state index contributed by atoms with van der Waals surface area (Å²) in [6, 6.07) is 0.507. The van der Waals surface area contributed by atoms with Crippen LogP contribution < -0.4 is 0 Å². The fourth-order valence-electron chi connectivity index (χ4n) is 2.38. The maximum Gasteiger partial charge on any atom is 0.222 e. The molecule has 0 N–H and O–H groups in total. The number of nitrogens with zero attached hydrogens (tertiary/aromatic N) is 1. The van der Waals surface area contributed by atoms with E-state index in [4.69, 9.17) is 0 Å². The number of alkyl halides is 1. The van der Waals surface area contributed by atoms with Crippen LogP contribution in [0.3, 0.4) is 0 Å². The molecule has 0 aliphatic heterocycles. The van der Waals surface area contributed by atoms with Crippen molar-refractivity contribution in [2.45, 2.75) is 57.9 Å². The van der Waals surface area contributed by atoms with E-state index in [1.807, 2.05) is 11.9 Å². The first-order chi connectivity index (χ1) is 7.65. The van der Waals surface area contributed by atoms with E-state index in [0.717, 1.165) is 24.1 Å². The summed E-state index contributed by atoms with van der Waals surface area (Å²) in [4.78, 5) is 13.9. The number of amides is 1. The number of halogens is 1. The molecule has 0 bridgehead atoms. The summed E-state index contributed by atoms with van der Waals surface area (Å²) < 4.78 is 0. The van der Waals surface area contributed by atoms with Crippen LogP contribution in [0.5, 0.6) is 0 Å². The average Bonchev–Trinajstić information content (AvgIpc) is 2.29. The Bertz CT molecular complexity index is 212. The van der Waals surface area contributed by atoms with Crippen molar-refractivity contribution < 1.29 is 4.79 Å². The normalized spacial score (nSPS) is 25.4. The second-order valence-corrected chi connectivity index (χ2v) is 5.86. The minimum atomic E-state index is 0.334. The van der Waals surface area contributed by atoms with Crippen LogP contribution in [0.25, 0.3) is 0 Å². The lowest BCUT2D eigenvalue weighted by atomic mass is 9.86. The van der Waals surface area contributed by atoms with E-state index in [1.165, 1.54) is 25.7 Å². The fraction of sp³-hybridized carbons (Fsp3) is 0.923. The van der Waals surface area contributed by atoms with Gasteiger partial charge >= 0.3 is 0 Å². The van der Waals surface area contributed by atoms with Gasteiger partial charge in [-0.05, 0) is 44.4 Å². The van der Waals surface area contributed by atoms with E-state index in [0.29, 0.717) is 18.4 Å². The molecule has 2 nitrogen and oxygen atoms in total. The molecule has 1 amide bonds. The van der Waals surface area contributed by atoms with Crippen LogP contribution in [0.2, 0.25) is 0 Å². The first kappa shape index (κ1) is 14.0. The molecule has 0 atom stereocenters. The lowest BCUT2D eigenvalue weighted by molar-refractivity contribution is -0.132. The molecule has 1 fully saturated rings. The van der Waals surface area contributed by atoms with Crippen LogP contribution in [0.1, 0.15) is 51.9 Å². The fourth-order valence-corrected chi connectivity index (χ4v) is 2.78. The summed E-state index contributed by atoms with van der Waals surface area (Å²) in [6.07, 6.45) is 7.78. The molecule has 1 saturated carbocycles. The van der Waals surface area contributed by atoms with E-state index in [-0.39, 0.29) is 0 Å². The maximum absolute atomic E-state index is 11.9. The third kappa shape index (κ3) is 4.44. The van der Waals surface area contributed by atoms with Crippen molar-refractivity contribution in [2.75, 3.05) is 12.4 Å². The SMILES string of the molecule is CC1CCC(N(C)C(=O)CCCCBr)CC1. The highest BCUT2D eigenvalue weighted by atomic mass is 79.9. The molecule has 0 aromatic heterocycles. The van der Waals surface area contributed by atoms with Gasteiger partial charge in [0.15, 0.2) is 0 Å². The molecule has 1 aliphatic carbocycles. The second-order valence-electron chi connectivity index (χ2n) is 5.06. The van der Waals surface area contributed by atoms with Crippen LogP contribution in [0.15, 0.2) is 0 Å². The topological polar surface area (TPSA) is 20.3 Å². The molecule has 1 aliphatic rings. The minimum absolute atomic E-state index is 0.334. The first-order valence-electron chi connectivity index (χ1n) is 6.46. The number of carbonyl (C=O) groups excluding carboxylic acids is 1. The van der Waals surface area contributed by atoms with Gasteiger partial charge in [0, 0.05) is 24.8 Å². The van der Waals surface area contributed by atoms with Crippen molar-refractivity contribution in [1.29, 1.82) is 0 Å². The molecule has 0 heterocycles. The lowest BCUT2D eigenvalue weighted by Crippen LogP contribution is -2.39. The van der Waals surface area contributed by atoms with Gasteiger partial charge in [0.25, 0.3) is 0 Å². The number of rotatable bonds is 5. The van der Waals surface area contributed by atoms with Crippen LogP contribution in [-0.2, 0) is 4.79 Å². The van der Waals surface area contributed by atoms with Gasteiger partial charge in [-0.2, -0.15) is 0 Å². The predicted octanol–water partition coefficient (Wildman–Crippen LogP) is 3.59. The third-order valence-corrected chi connectivity index (χ3v) is 4.26. The van der Waals surface area contributed by atoms with Crippen LogP contribution in [0.4, 0.5) is 0 Å². The third-order valence-electron chi connectivity index (χ3n) is 3.70. The zero-order valence-electron chi connectivity index (χ0n) is 10.5. The van der Waals surface area contributed by atoms with Gasteiger partial charge in [0.05, 0.1) is 0 Å². The zero-order chi connectivity index (χ0) is 12.0. The highest BCUT2D eigenvalue weighted by molar-refractivity contribution is 9.09. The molecule has 3 heteroatoms. The predicted molar refractivity (Wildman–Crippen MR) is 71.8 cm³/mol. The minimum Gasteiger partial charge on any atom is -0.343 e. The standard InChI is InChI=1S/C13H24BrNO/c1-11-6-8-12(9-7-11)15(2)13(16)5-3-4-10-14/h11-12H,3-10H2,1-2H3. The van der Waals surface area contributed by atoms with Crippen LogP contribution >= 0.6 is 15.9 Å². The van der Waals surface area contributed by atoms with Gasteiger partial charge < -0.3 is 4.90 Å². The van der Waals surface area contributed by atoms with Gasteiger partial charge in [-0.15, -0.1) is 0 Å². The molecule has 0 saturated heterocycles. The van der Waals surface area contributed by atoms with Crippen molar-refractivity contribution >= 4 is 21.8 Å². The second kappa shape index (κ2) is 7.31. The van der Waals surface area contributed by atoms with Crippen molar-refractivity contribution in [3.05, 3.63) is 0 Å². The summed E-state index contributed by atoms with van der Waals surface area (Å²) in [6.45, 7) is 2.31. The lowest BCUT2D eigenvalue weighted by Gasteiger charge is -2.33. The number of unbranched alkanes of at least 4 members (excludes halogenated alkanes) is 1. The van der Waals surface area contributed by atoms with E-state index in [2.05, 4.69) is 22.9 Å². The Labute approximate surface area is 108 Å². The quantitative estimate of drug-likeness (QED) is 0.560. The number of hydrogen-bond acceptors (Lipinski definition) is 1. The van der Waals surface area contributed by atoms with Crippen LogP contribution in [0, 0.1) is 5.92 Å². The van der Waals surface area contributed by atoms with Crippen LogP contribution in [-0.4, -0.2) is 29.2 Å². The Kier molecular flexibility index (Phi) is 6.40. The van der Waals surface area contributed by atoms with Gasteiger partial charge in [-0.25, -0.2) is 0 Å². The zero-order valence-corrected chi connectivity index (χ0v) is 12.1. The Hall–Kier alpha value is -0.0500. The Balaban J connectivity index is 2.27. The molecule has 1 rings (SSSR count). The van der Waals surface area contributed by atoms with E-state index in [1.54, 1.807) is 0 Å². The molecule has 0 unspecified atom stereocenters. The Morgan fingerprint density at radius 1 is 1.25 bits per heavy atom. The van der Waals surface area contributed by atoms with Crippen molar-refractivity contribution in [1.82, 2.24) is 4.90 Å². The molecule has 94 valence electrons. The maximum atomic E-state index is 11.9. The Morgan fingerprint density at radius 3 is 2.44 bits per heavy atom. The van der Waals surface area contributed by atoms with Gasteiger partial charge in [-0.1, -0.05) is 22.9 Å². The molecule has 0 spiro atoms. The monoisotopic (exact) mass is 289 g/mol.